The van der Waals surface area contributed by atoms with E-state index in [4.69, 9.17) is 14.6 Å². The maximum absolute atomic E-state index is 12.8. The molecule has 0 radical (unpaired) electrons. The largest absolute Gasteiger partial charge is 0.487 e. The molecule has 1 fully saturated rings. The highest BCUT2D eigenvalue weighted by Gasteiger charge is 2.33. The molecule has 1 aromatic heterocycles. The topological polar surface area (TPSA) is 89.0 Å². The summed E-state index contributed by atoms with van der Waals surface area (Å²) < 4.78 is 11.1. The molecule has 1 aliphatic heterocycles. The number of thiazole rings is 1. The maximum atomic E-state index is 12.8. The van der Waals surface area contributed by atoms with Crippen molar-refractivity contribution in [3.8, 4) is 5.75 Å². The van der Waals surface area contributed by atoms with Crippen LogP contribution in [0.5, 0.6) is 5.75 Å². The molecule has 0 aliphatic carbocycles. The third-order valence-corrected chi connectivity index (χ3v) is 4.78. The van der Waals surface area contributed by atoms with E-state index in [1.165, 1.54) is 4.90 Å². The van der Waals surface area contributed by atoms with Gasteiger partial charge in [-0.3, -0.25) is 4.79 Å². The van der Waals surface area contributed by atoms with Crippen LogP contribution in [0.2, 0.25) is 0 Å². The van der Waals surface area contributed by atoms with Gasteiger partial charge in [0.1, 0.15) is 12.4 Å². The van der Waals surface area contributed by atoms with Gasteiger partial charge in [0.15, 0.2) is 6.10 Å². The number of hydrogen-bond donors (Lipinski definition) is 1. The molecule has 2 atom stereocenters. The summed E-state index contributed by atoms with van der Waals surface area (Å²) in [5.41, 5.74) is 1.30. The van der Waals surface area contributed by atoms with Crippen LogP contribution in [0, 0.1) is 6.92 Å². The number of nitrogens with zero attached hydrogens (tertiary/aromatic N) is 2. The van der Waals surface area contributed by atoms with Crippen LogP contribution in [0.15, 0.2) is 29.6 Å². The minimum Gasteiger partial charge on any atom is -0.487 e. The van der Waals surface area contributed by atoms with E-state index in [9.17, 15) is 9.59 Å². The molecule has 1 aliphatic rings. The van der Waals surface area contributed by atoms with Crippen molar-refractivity contribution in [3.63, 3.8) is 0 Å². The molecule has 0 bridgehead atoms. The number of aromatic nitrogens is 1. The first-order chi connectivity index (χ1) is 12.4. The number of carboxylic acid groups (broad SMARTS) is 1. The molecule has 3 rings (SSSR count). The number of carboxylic acids is 1. The van der Waals surface area contributed by atoms with Crippen LogP contribution in [0.4, 0.5) is 0 Å². The highest BCUT2D eigenvalue weighted by molar-refractivity contribution is 7.09. The lowest BCUT2D eigenvalue weighted by molar-refractivity contribution is -0.160. The Morgan fingerprint density at radius 1 is 1.42 bits per heavy atom. The van der Waals surface area contributed by atoms with Gasteiger partial charge in [-0.25, -0.2) is 9.78 Å². The highest BCUT2D eigenvalue weighted by atomic mass is 32.1. The van der Waals surface area contributed by atoms with Crippen molar-refractivity contribution in [2.75, 3.05) is 13.1 Å². The third-order valence-electron chi connectivity index (χ3n) is 3.96. The Balaban J connectivity index is 1.68. The number of ether oxygens (including phenoxy) is 2. The Labute approximate surface area is 155 Å². The van der Waals surface area contributed by atoms with Crippen LogP contribution in [0.1, 0.15) is 28.0 Å². The predicted octanol–water partition coefficient (Wildman–Crippen LogP) is 2.34. The van der Waals surface area contributed by atoms with Crippen molar-refractivity contribution in [3.05, 3.63) is 45.9 Å². The summed E-state index contributed by atoms with van der Waals surface area (Å²) in [7, 11) is 0. The SMILES string of the molecule is Cc1nc(COc2cccc(C(=O)N3CC(C(=O)O)O[C@H](C)C3)c2)cs1. The molecule has 26 heavy (non-hydrogen) atoms. The third kappa shape index (κ3) is 4.39. The van der Waals surface area contributed by atoms with Crippen LogP contribution in [0.3, 0.4) is 0 Å². The summed E-state index contributed by atoms with van der Waals surface area (Å²) in [6, 6.07) is 6.88. The molecule has 0 saturated carbocycles. The van der Waals surface area contributed by atoms with Crippen LogP contribution >= 0.6 is 11.3 Å². The fourth-order valence-corrected chi connectivity index (χ4v) is 3.38. The number of amides is 1. The zero-order chi connectivity index (χ0) is 18.7. The number of aliphatic carboxylic acids is 1. The fourth-order valence-electron chi connectivity index (χ4n) is 2.79. The van der Waals surface area contributed by atoms with Crippen LogP contribution in [-0.2, 0) is 16.1 Å². The molecule has 0 spiro atoms. The van der Waals surface area contributed by atoms with Gasteiger partial charge in [0.2, 0.25) is 0 Å². The minimum absolute atomic E-state index is 0.0295. The summed E-state index contributed by atoms with van der Waals surface area (Å²) >= 11 is 1.56. The van der Waals surface area contributed by atoms with Crippen molar-refractivity contribution in [2.45, 2.75) is 32.7 Å². The normalized spacial score (nSPS) is 20.0. The lowest BCUT2D eigenvalue weighted by Gasteiger charge is -2.35. The van der Waals surface area contributed by atoms with E-state index >= 15 is 0 Å². The molecule has 1 unspecified atom stereocenters. The number of carbonyl (C=O) groups excluding carboxylic acids is 1. The van der Waals surface area contributed by atoms with E-state index in [-0.39, 0.29) is 18.6 Å². The van der Waals surface area contributed by atoms with Crippen molar-refractivity contribution in [2.24, 2.45) is 0 Å². The van der Waals surface area contributed by atoms with Gasteiger partial charge in [0.25, 0.3) is 5.91 Å². The van der Waals surface area contributed by atoms with Gasteiger partial charge >= 0.3 is 5.97 Å². The van der Waals surface area contributed by atoms with Gasteiger partial charge in [-0.15, -0.1) is 11.3 Å². The highest BCUT2D eigenvalue weighted by Crippen LogP contribution is 2.20. The van der Waals surface area contributed by atoms with Gasteiger partial charge < -0.3 is 19.5 Å². The van der Waals surface area contributed by atoms with E-state index in [0.717, 1.165) is 10.7 Å². The van der Waals surface area contributed by atoms with E-state index in [1.54, 1.807) is 42.5 Å². The summed E-state index contributed by atoms with van der Waals surface area (Å²) in [6.45, 7) is 4.40. The number of morpholine rings is 1. The quantitative estimate of drug-likeness (QED) is 0.862. The van der Waals surface area contributed by atoms with Crippen molar-refractivity contribution >= 4 is 23.2 Å². The molecular weight excluding hydrogens is 356 g/mol. The van der Waals surface area contributed by atoms with E-state index in [0.29, 0.717) is 24.5 Å². The Kier molecular flexibility index (Phi) is 5.53. The first-order valence-corrected chi connectivity index (χ1v) is 9.11. The summed E-state index contributed by atoms with van der Waals surface area (Å²) in [6.07, 6.45) is -1.34. The van der Waals surface area contributed by atoms with E-state index in [2.05, 4.69) is 4.98 Å². The second-order valence-corrected chi connectivity index (χ2v) is 7.22. The molecule has 1 N–H and O–H groups in total. The number of hydrogen-bond acceptors (Lipinski definition) is 6. The number of aryl methyl sites for hydroxylation is 1. The fraction of sp³-hybridized carbons (Fsp3) is 0.389. The second kappa shape index (κ2) is 7.84. The standard InChI is InChI=1S/C18H20N2O5S/c1-11-7-20(8-16(25-11)18(22)23)17(21)13-4-3-5-15(6-13)24-9-14-10-26-12(2)19-14/h3-6,10-11,16H,7-9H2,1-2H3,(H,22,23)/t11-,16?/m1/s1. The Bertz CT molecular complexity index is 806. The smallest absolute Gasteiger partial charge is 0.334 e. The summed E-state index contributed by atoms with van der Waals surface area (Å²) in [4.78, 5) is 29.8. The van der Waals surface area contributed by atoms with Gasteiger partial charge in [-0.05, 0) is 32.0 Å². The number of carbonyl (C=O) groups is 2. The molecule has 1 saturated heterocycles. The Hall–Kier alpha value is -2.45. The molecular formula is C18H20N2O5S. The lowest BCUT2D eigenvalue weighted by atomic mass is 10.1. The second-order valence-electron chi connectivity index (χ2n) is 6.16. The summed E-state index contributed by atoms with van der Waals surface area (Å²) in [5.74, 6) is -0.732. The summed E-state index contributed by atoms with van der Waals surface area (Å²) in [5, 5.41) is 12.1. The van der Waals surface area contributed by atoms with Gasteiger partial charge in [0, 0.05) is 17.5 Å². The molecule has 2 aromatic rings. The number of benzene rings is 1. The first-order valence-electron chi connectivity index (χ1n) is 8.24. The first kappa shape index (κ1) is 18.3. The number of rotatable bonds is 5. The van der Waals surface area contributed by atoms with Crippen molar-refractivity contribution < 1.29 is 24.2 Å². The molecule has 1 amide bonds. The molecule has 138 valence electrons. The van der Waals surface area contributed by atoms with Gasteiger partial charge in [-0.1, -0.05) is 6.07 Å². The minimum atomic E-state index is -1.06. The van der Waals surface area contributed by atoms with Crippen LogP contribution < -0.4 is 4.74 Å². The van der Waals surface area contributed by atoms with Gasteiger partial charge in [0.05, 0.1) is 23.4 Å². The lowest BCUT2D eigenvalue weighted by Crippen LogP contribution is -2.51. The zero-order valence-electron chi connectivity index (χ0n) is 14.5. The zero-order valence-corrected chi connectivity index (χ0v) is 15.4. The Morgan fingerprint density at radius 3 is 2.92 bits per heavy atom. The van der Waals surface area contributed by atoms with Gasteiger partial charge in [-0.2, -0.15) is 0 Å². The van der Waals surface area contributed by atoms with Crippen molar-refractivity contribution in [1.82, 2.24) is 9.88 Å². The molecule has 8 heteroatoms. The Morgan fingerprint density at radius 2 is 2.23 bits per heavy atom. The molecule has 7 nitrogen and oxygen atoms in total. The molecule has 2 heterocycles. The monoisotopic (exact) mass is 376 g/mol. The average molecular weight is 376 g/mol. The van der Waals surface area contributed by atoms with Crippen LogP contribution in [0.25, 0.3) is 0 Å². The predicted molar refractivity (Wildman–Crippen MR) is 95.5 cm³/mol. The van der Waals surface area contributed by atoms with E-state index in [1.807, 2.05) is 12.3 Å². The van der Waals surface area contributed by atoms with E-state index < -0.39 is 12.1 Å². The van der Waals surface area contributed by atoms with Crippen molar-refractivity contribution in [1.29, 1.82) is 0 Å². The maximum Gasteiger partial charge on any atom is 0.334 e. The van der Waals surface area contributed by atoms with Crippen LogP contribution in [-0.4, -0.2) is 52.2 Å². The average Bonchev–Trinajstić information content (AvgIpc) is 3.04. The molecule has 1 aromatic carbocycles.